The zero-order chi connectivity index (χ0) is 14.1. The fraction of sp³-hybridized carbons (Fsp3) is 0.600. The number of rotatable bonds is 9. The largest absolute Gasteiger partial charge is 0.397 e. The lowest BCUT2D eigenvalue weighted by molar-refractivity contribution is 0.141. The molecule has 1 aromatic carbocycles. The van der Waals surface area contributed by atoms with E-state index in [1.54, 1.807) is 0 Å². The molecule has 0 aliphatic rings. The Morgan fingerprint density at radius 2 is 1.63 bits per heavy atom. The maximum absolute atomic E-state index is 6.08. The number of nitrogens with zero attached hydrogens (tertiary/aromatic N) is 1. The topological polar surface area (TPSA) is 47.7 Å². The summed E-state index contributed by atoms with van der Waals surface area (Å²) >= 11 is 0. The fourth-order valence-corrected chi connectivity index (χ4v) is 1.92. The van der Waals surface area contributed by atoms with E-state index in [0.29, 0.717) is 13.2 Å². The van der Waals surface area contributed by atoms with Gasteiger partial charge >= 0.3 is 0 Å². The van der Waals surface area contributed by atoms with Gasteiger partial charge in [-0.05, 0) is 38.5 Å². The molecular weight excluding hydrogens is 240 g/mol. The van der Waals surface area contributed by atoms with Crippen LogP contribution in [0.5, 0.6) is 0 Å². The predicted octanol–water partition coefficient (Wildman–Crippen LogP) is 2.46. The van der Waals surface area contributed by atoms with Crippen LogP contribution in [-0.2, 0) is 9.47 Å². The first kappa shape index (κ1) is 15.8. The minimum atomic E-state index is 0.704. The van der Waals surface area contributed by atoms with Crippen LogP contribution in [0, 0.1) is 6.92 Å². The molecule has 0 bridgehead atoms. The molecular formula is C15H26N2O2. The van der Waals surface area contributed by atoms with Gasteiger partial charge in [-0.25, -0.2) is 0 Å². The number of hydrogen-bond donors (Lipinski definition) is 1. The molecule has 0 amide bonds. The molecule has 0 aromatic heterocycles. The molecule has 0 aliphatic carbocycles. The molecule has 0 atom stereocenters. The van der Waals surface area contributed by atoms with Crippen molar-refractivity contribution in [2.75, 3.05) is 50.2 Å². The third-order valence-electron chi connectivity index (χ3n) is 2.95. The van der Waals surface area contributed by atoms with Gasteiger partial charge in [-0.15, -0.1) is 0 Å². The van der Waals surface area contributed by atoms with Crippen LogP contribution in [0.3, 0.4) is 0 Å². The summed E-state index contributed by atoms with van der Waals surface area (Å²) in [5.74, 6) is 0. The molecule has 2 N–H and O–H groups in total. The quantitative estimate of drug-likeness (QED) is 0.551. The summed E-state index contributed by atoms with van der Waals surface area (Å²) in [4.78, 5) is 2.23. The Kier molecular flexibility index (Phi) is 7.30. The SMILES string of the molecule is CCOCCN(CCOCC)c1cc(C)ccc1N. The first-order chi connectivity index (χ1) is 9.19. The van der Waals surface area contributed by atoms with Crippen molar-refractivity contribution in [1.82, 2.24) is 0 Å². The van der Waals surface area contributed by atoms with Crippen LogP contribution in [0.15, 0.2) is 18.2 Å². The van der Waals surface area contributed by atoms with Crippen molar-refractivity contribution in [3.63, 3.8) is 0 Å². The molecule has 1 rings (SSSR count). The molecule has 4 nitrogen and oxygen atoms in total. The maximum Gasteiger partial charge on any atom is 0.0641 e. The van der Waals surface area contributed by atoms with Gasteiger partial charge < -0.3 is 20.1 Å². The van der Waals surface area contributed by atoms with Crippen molar-refractivity contribution in [1.29, 1.82) is 0 Å². The first-order valence-electron chi connectivity index (χ1n) is 6.95. The Hall–Kier alpha value is -1.26. The molecule has 0 spiro atoms. The van der Waals surface area contributed by atoms with Gasteiger partial charge in [0.05, 0.1) is 24.6 Å². The van der Waals surface area contributed by atoms with Gasteiger partial charge in [0, 0.05) is 26.3 Å². The minimum absolute atomic E-state index is 0.704. The highest BCUT2D eigenvalue weighted by Crippen LogP contribution is 2.24. The first-order valence-corrected chi connectivity index (χ1v) is 6.95. The second-order valence-electron chi connectivity index (χ2n) is 4.44. The maximum atomic E-state index is 6.08. The van der Waals surface area contributed by atoms with Crippen molar-refractivity contribution in [2.24, 2.45) is 0 Å². The Balaban J connectivity index is 2.72. The highest BCUT2D eigenvalue weighted by atomic mass is 16.5. The smallest absolute Gasteiger partial charge is 0.0641 e. The number of nitrogens with two attached hydrogens (primary N) is 1. The highest BCUT2D eigenvalue weighted by molar-refractivity contribution is 5.68. The van der Waals surface area contributed by atoms with Crippen LogP contribution in [0.1, 0.15) is 19.4 Å². The number of nitrogen functional groups attached to an aromatic ring is 1. The molecule has 1 aromatic rings. The van der Waals surface area contributed by atoms with Crippen LogP contribution in [0.2, 0.25) is 0 Å². The minimum Gasteiger partial charge on any atom is -0.397 e. The van der Waals surface area contributed by atoms with E-state index >= 15 is 0 Å². The third kappa shape index (κ3) is 5.49. The third-order valence-corrected chi connectivity index (χ3v) is 2.95. The molecule has 0 saturated carbocycles. The van der Waals surface area contributed by atoms with E-state index in [2.05, 4.69) is 17.9 Å². The summed E-state index contributed by atoms with van der Waals surface area (Å²) in [7, 11) is 0. The lowest BCUT2D eigenvalue weighted by Gasteiger charge is -2.26. The molecule has 0 fully saturated rings. The number of anilines is 2. The molecule has 108 valence electrons. The highest BCUT2D eigenvalue weighted by Gasteiger charge is 2.10. The van der Waals surface area contributed by atoms with Gasteiger partial charge in [-0.3, -0.25) is 0 Å². The van der Waals surface area contributed by atoms with Gasteiger partial charge in [0.1, 0.15) is 0 Å². The van der Waals surface area contributed by atoms with Crippen LogP contribution < -0.4 is 10.6 Å². The average molecular weight is 266 g/mol. The van der Waals surface area contributed by atoms with Crippen molar-refractivity contribution < 1.29 is 9.47 Å². The Morgan fingerprint density at radius 3 is 2.16 bits per heavy atom. The van der Waals surface area contributed by atoms with E-state index in [9.17, 15) is 0 Å². The van der Waals surface area contributed by atoms with E-state index in [1.807, 2.05) is 26.0 Å². The predicted molar refractivity (Wildman–Crippen MR) is 80.8 cm³/mol. The monoisotopic (exact) mass is 266 g/mol. The molecule has 0 heterocycles. The summed E-state index contributed by atoms with van der Waals surface area (Å²) in [6, 6.07) is 6.11. The van der Waals surface area contributed by atoms with Crippen LogP contribution in [0.25, 0.3) is 0 Å². The number of aryl methyl sites for hydroxylation is 1. The molecule has 19 heavy (non-hydrogen) atoms. The average Bonchev–Trinajstić information content (AvgIpc) is 2.40. The number of ether oxygens (including phenoxy) is 2. The van der Waals surface area contributed by atoms with Crippen molar-refractivity contribution in [3.05, 3.63) is 23.8 Å². The number of benzene rings is 1. The van der Waals surface area contributed by atoms with Crippen molar-refractivity contribution in [2.45, 2.75) is 20.8 Å². The standard InChI is InChI=1S/C15H26N2O2/c1-4-18-10-8-17(9-11-19-5-2)15-12-13(3)6-7-14(15)16/h6-7,12H,4-5,8-11,16H2,1-3H3. The molecule has 0 radical (unpaired) electrons. The summed E-state index contributed by atoms with van der Waals surface area (Å²) in [6.45, 7) is 10.6. The summed E-state index contributed by atoms with van der Waals surface area (Å²) < 4.78 is 10.9. The van der Waals surface area contributed by atoms with Crippen LogP contribution in [0.4, 0.5) is 11.4 Å². The zero-order valence-corrected chi connectivity index (χ0v) is 12.3. The van der Waals surface area contributed by atoms with Crippen LogP contribution >= 0.6 is 0 Å². The van der Waals surface area contributed by atoms with Gasteiger partial charge in [0.2, 0.25) is 0 Å². The lowest BCUT2D eigenvalue weighted by atomic mass is 10.1. The van der Waals surface area contributed by atoms with Gasteiger partial charge in [0.25, 0.3) is 0 Å². The van der Waals surface area contributed by atoms with E-state index in [-0.39, 0.29) is 0 Å². The second kappa shape index (κ2) is 8.77. The van der Waals surface area contributed by atoms with Gasteiger partial charge in [-0.2, -0.15) is 0 Å². The Labute approximate surface area is 116 Å². The van der Waals surface area contributed by atoms with E-state index in [4.69, 9.17) is 15.2 Å². The summed E-state index contributed by atoms with van der Waals surface area (Å²) in [5, 5.41) is 0. The molecule has 0 unspecified atom stereocenters. The van der Waals surface area contributed by atoms with Crippen LogP contribution in [-0.4, -0.2) is 39.5 Å². The Bertz CT molecular complexity index is 359. The fourth-order valence-electron chi connectivity index (χ4n) is 1.92. The summed E-state index contributed by atoms with van der Waals surface area (Å²) in [6.07, 6.45) is 0. The normalized spacial score (nSPS) is 10.7. The summed E-state index contributed by atoms with van der Waals surface area (Å²) in [5.41, 5.74) is 9.16. The molecule has 0 aliphatic heterocycles. The van der Waals surface area contributed by atoms with Gasteiger partial charge in [-0.1, -0.05) is 6.07 Å². The van der Waals surface area contributed by atoms with Gasteiger partial charge in [0.15, 0.2) is 0 Å². The number of hydrogen-bond acceptors (Lipinski definition) is 4. The molecule has 0 saturated heterocycles. The van der Waals surface area contributed by atoms with E-state index in [0.717, 1.165) is 37.7 Å². The van der Waals surface area contributed by atoms with E-state index < -0.39 is 0 Å². The van der Waals surface area contributed by atoms with Crippen molar-refractivity contribution >= 4 is 11.4 Å². The van der Waals surface area contributed by atoms with Crippen molar-refractivity contribution in [3.8, 4) is 0 Å². The molecule has 4 heteroatoms. The second-order valence-corrected chi connectivity index (χ2v) is 4.44. The zero-order valence-electron chi connectivity index (χ0n) is 12.3. The Morgan fingerprint density at radius 1 is 1.05 bits per heavy atom. The lowest BCUT2D eigenvalue weighted by Crippen LogP contribution is -2.31. The van der Waals surface area contributed by atoms with E-state index in [1.165, 1.54) is 5.56 Å².